The first-order valence-corrected chi connectivity index (χ1v) is 9.94. The van der Waals surface area contributed by atoms with Crippen molar-refractivity contribution in [3.05, 3.63) is 64.1 Å². The summed E-state index contributed by atoms with van der Waals surface area (Å²) in [7, 11) is 0. The van der Waals surface area contributed by atoms with Gasteiger partial charge in [0.2, 0.25) is 11.8 Å². The van der Waals surface area contributed by atoms with Crippen molar-refractivity contribution >= 4 is 35.0 Å². The molecular weight excluding hydrogens is 415 g/mol. The van der Waals surface area contributed by atoms with E-state index < -0.39 is 11.5 Å². The Labute approximate surface area is 179 Å². The fourth-order valence-corrected chi connectivity index (χ4v) is 3.51. The Morgan fingerprint density at radius 2 is 1.69 bits per heavy atom. The predicted octanol–water partition coefficient (Wildman–Crippen LogP) is 3.09. The lowest BCUT2D eigenvalue weighted by Gasteiger charge is -2.42. The number of morpholine rings is 1. The smallest absolute Gasteiger partial charge is 0.227 e. The van der Waals surface area contributed by atoms with E-state index in [-0.39, 0.29) is 31.9 Å². The topological polar surface area (TPSA) is 81.9 Å². The van der Waals surface area contributed by atoms with Crippen LogP contribution < -0.4 is 10.5 Å². The Morgan fingerprint density at radius 1 is 1.07 bits per heavy atom. The van der Waals surface area contributed by atoms with Gasteiger partial charge in [-0.05, 0) is 42.0 Å². The molecule has 29 heavy (non-hydrogen) atoms. The van der Waals surface area contributed by atoms with Gasteiger partial charge in [-0.25, -0.2) is 0 Å². The standard InChI is InChI=1S/C21H22Cl2N2O4/c22-16-3-1-15(2-4-16)11-20(27)25-9-10-29-21(13-25,12-19(24)26)14-28-18-7-5-17(23)6-8-18/h1-8H,9-14H2,(H2,24,26). The van der Waals surface area contributed by atoms with Crippen molar-refractivity contribution in [1.29, 1.82) is 0 Å². The molecule has 8 heteroatoms. The molecule has 6 nitrogen and oxygen atoms in total. The van der Waals surface area contributed by atoms with Gasteiger partial charge in [0.1, 0.15) is 18.0 Å². The Morgan fingerprint density at radius 3 is 2.31 bits per heavy atom. The van der Waals surface area contributed by atoms with Gasteiger partial charge in [-0.3, -0.25) is 9.59 Å². The number of hydrogen-bond acceptors (Lipinski definition) is 4. The van der Waals surface area contributed by atoms with Gasteiger partial charge in [0.25, 0.3) is 0 Å². The lowest BCUT2D eigenvalue weighted by molar-refractivity contribution is -0.161. The zero-order valence-corrected chi connectivity index (χ0v) is 17.3. The molecule has 2 aromatic rings. The normalized spacial score (nSPS) is 19.0. The number of amides is 2. The Kier molecular flexibility index (Phi) is 7.00. The van der Waals surface area contributed by atoms with Gasteiger partial charge in [-0.2, -0.15) is 0 Å². The van der Waals surface area contributed by atoms with Crippen LogP contribution in [0.15, 0.2) is 48.5 Å². The zero-order chi connectivity index (χ0) is 20.9. The number of carbonyl (C=O) groups excluding carboxylic acids is 2. The highest BCUT2D eigenvalue weighted by Gasteiger charge is 2.40. The van der Waals surface area contributed by atoms with Crippen LogP contribution in [0.5, 0.6) is 5.75 Å². The summed E-state index contributed by atoms with van der Waals surface area (Å²) in [5.41, 5.74) is 5.31. The molecule has 1 heterocycles. The van der Waals surface area contributed by atoms with E-state index in [1.807, 2.05) is 12.1 Å². The summed E-state index contributed by atoms with van der Waals surface area (Å²) in [5, 5.41) is 1.21. The molecule has 2 aromatic carbocycles. The summed E-state index contributed by atoms with van der Waals surface area (Å²) < 4.78 is 11.7. The van der Waals surface area contributed by atoms with E-state index >= 15 is 0 Å². The summed E-state index contributed by atoms with van der Waals surface area (Å²) in [6.45, 7) is 1.04. The second-order valence-corrected chi connectivity index (χ2v) is 7.91. The molecule has 1 aliphatic rings. The quantitative estimate of drug-likeness (QED) is 0.722. The van der Waals surface area contributed by atoms with Crippen LogP contribution >= 0.6 is 23.2 Å². The molecular formula is C21H22Cl2N2O4. The first-order chi connectivity index (χ1) is 13.8. The average Bonchev–Trinajstić information content (AvgIpc) is 2.69. The van der Waals surface area contributed by atoms with E-state index in [1.54, 1.807) is 41.3 Å². The third-order valence-corrected chi connectivity index (χ3v) is 5.19. The van der Waals surface area contributed by atoms with Crippen LogP contribution in [-0.4, -0.2) is 48.6 Å². The fraction of sp³-hybridized carbons (Fsp3) is 0.333. The number of carbonyl (C=O) groups is 2. The molecule has 0 saturated carbocycles. The van der Waals surface area contributed by atoms with Gasteiger partial charge >= 0.3 is 0 Å². The highest BCUT2D eigenvalue weighted by Crippen LogP contribution is 2.25. The highest BCUT2D eigenvalue weighted by atomic mass is 35.5. The minimum absolute atomic E-state index is 0.0503. The largest absolute Gasteiger partial charge is 0.490 e. The molecule has 1 atom stereocenters. The highest BCUT2D eigenvalue weighted by molar-refractivity contribution is 6.30. The molecule has 0 aliphatic carbocycles. The number of nitrogens with zero attached hydrogens (tertiary/aromatic N) is 1. The second kappa shape index (κ2) is 9.48. The van der Waals surface area contributed by atoms with E-state index in [0.717, 1.165) is 5.56 Å². The third-order valence-electron chi connectivity index (χ3n) is 4.68. The molecule has 0 radical (unpaired) electrons. The van der Waals surface area contributed by atoms with Crippen molar-refractivity contribution in [3.63, 3.8) is 0 Å². The number of halogens is 2. The minimum atomic E-state index is -1.00. The van der Waals surface area contributed by atoms with E-state index in [4.69, 9.17) is 38.4 Å². The monoisotopic (exact) mass is 436 g/mol. The van der Waals surface area contributed by atoms with Crippen LogP contribution in [0.3, 0.4) is 0 Å². The molecule has 154 valence electrons. The summed E-state index contributed by atoms with van der Waals surface area (Å²) >= 11 is 11.8. The van der Waals surface area contributed by atoms with Crippen molar-refractivity contribution in [1.82, 2.24) is 4.90 Å². The van der Waals surface area contributed by atoms with Crippen molar-refractivity contribution in [3.8, 4) is 5.75 Å². The molecule has 3 rings (SSSR count). The Hall–Kier alpha value is -2.28. The number of primary amides is 1. The van der Waals surface area contributed by atoms with Gasteiger partial charge in [-0.1, -0.05) is 35.3 Å². The van der Waals surface area contributed by atoms with Gasteiger partial charge in [0, 0.05) is 16.6 Å². The molecule has 0 aromatic heterocycles. The summed E-state index contributed by atoms with van der Waals surface area (Å²) in [5.74, 6) is 0.0131. The van der Waals surface area contributed by atoms with Gasteiger partial charge in [0.15, 0.2) is 0 Å². The third kappa shape index (κ3) is 6.10. The van der Waals surface area contributed by atoms with Crippen LogP contribution in [-0.2, 0) is 20.7 Å². The summed E-state index contributed by atoms with van der Waals surface area (Å²) in [6.07, 6.45) is 0.188. The van der Waals surface area contributed by atoms with E-state index in [9.17, 15) is 9.59 Å². The minimum Gasteiger partial charge on any atom is -0.490 e. The molecule has 0 bridgehead atoms. The second-order valence-electron chi connectivity index (χ2n) is 7.04. The van der Waals surface area contributed by atoms with Crippen molar-refractivity contribution in [2.24, 2.45) is 5.73 Å². The molecule has 1 saturated heterocycles. The van der Waals surface area contributed by atoms with Gasteiger partial charge < -0.3 is 20.1 Å². The summed E-state index contributed by atoms with van der Waals surface area (Å²) in [4.78, 5) is 26.2. The lowest BCUT2D eigenvalue weighted by atomic mass is 9.97. The predicted molar refractivity (Wildman–Crippen MR) is 111 cm³/mol. The molecule has 1 fully saturated rings. The van der Waals surface area contributed by atoms with Crippen molar-refractivity contribution in [2.45, 2.75) is 18.4 Å². The number of rotatable bonds is 7. The van der Waals surface area contributed by atoms with Crippen LogP contribution in [0.4, 0.5) is 0 Å². The van der Waals surface area contributed by atoms with Crippen molar-refractivity contribution in [2.75, 3.05) is 26.3 Å². The van der Waals surface area contributed by atoms with E-state index in [2.05, 4.69) is 0 Å². The number of nitrogens with two attached hydrogens (primary N) is 1. The van der Waals surface area contributed by atoms with Crippen LogP contribution in [0.25, 0.3) is 0 Å². The maximum absolute atomic E-state index is 12.8. The molecule has 2 amide bonds. The Balaban J connectivity index is 1.69. The maximum Gasteiger partial charge on any atom is 0.227 e. The van der Waals surface area contributed by atoms with E-state index in [0.29, 0.717) is 28.9 Å². The van der Waals surface area contributed by atoms with Crippen molar-refractivity contribution < 1.29 is 19.1 Å². The maximum atomic E-state index is 12.8. The van der Waals surface area contributed by atoms with Crippen LogP contribution in [0.1, 0.15) is 12.0 Å². The molecule has 0 spiro atoms. The lowest BCUT2D eigenvalue weighted by Crippen LogP contribution is -2.58. The average molecular weight is 437 g/mol. The molecule has 2 N–H and O–H groups in total. The Bertz CT molecular complexity index is 858. The van der Waals surface area contributed by atoms with E-state index in [1.165, 1.54) is 0 Å². The fourth-order valence-electron chi connectivity index (χ4n) is 3.25. The molecule has 1 unspecified atom stereocenters. The van der Waals surface area contributed by atoms with Gasteiger partial charge in [-0.15, -0.1) is 0 Å². The zero-order valence-electron chi connectivity index (χ0n) is 15.8. The number of hydrogen-bond donors (Lipinski definition) is 1. The van der Waals surface area contributed by atoms with Crippen LogP contribution in [0.2, 0.25) is 10.0 Å². The number of ether oxygens (including phenoxy) is 2. The number of benzene rings is 2. The SMILES string of the molecule is NC(=O)CC1(COc2ccc(Cl)cc2)CN(C(=O)Cc2ccc(Cl)cc2)CCO1. The first kappa shape index (κ1) is 21.4. The summed E-state index contributed by atoms with van der Waals surface area (Å²) in [6, 6.07) is 14.0. The molecule has 1 aliphatic heterocycles. The van der Waals surface area contributed by atoms with Gasteiger partial charge in [0.05, 0.1) is 26.0 Å². The first-order valence-electron chi connectivity index (χ1n) is 9.18. The van der Waals surface area contributed by atoms with Crippen LogP contribution in [0, 0.1) is 0 Å².